The van der Waals surface area contributed by atoms with Crippen LogP contribution in [-0.4, -0.2) is 31.7 Å². The summed E-state index contributed by atoms with van der Waals surface area (Å²) in [5, 5.41) is 3.41. The van der Waals surface area contributed by atoms with Crippen molar-refractivity contribution in [2.75, 3.05) is 13.1 Å². The van der Waals surface area contributed by atoms with Gasteiger partial charge in [-0.3, -0.25) is 4.79 Å². The SMILES string of the molecule is Cc1ccc(S(=O)(=O)N2CC(=CCl)C(C)(CN=[N+]=[N-])C2=O)cc1. The number of benzene rings is 1. The molecule has 1 aliphatic rings. The van der Waals surface area contributed by atoms with Gasteiger partial charge in [0.15, 0.2) is 0 Å². The van der Waals surface area contributed by atoms with Crippen molar-refractivity contribution >= 4 is 27.5 Å². The monoisotopic (exact) mass is 354 g/mol. The van der Waals surface area contributed by atoms with Gasteiger partial charge in [-0.25, -0.2) is 12.7 Å². The first-order valence-corrected chi connectivity index (χ1v) is 8.59. The van der Waals surface area contributed by atoms with Crippen LogP contribution >= 0.6 is 11.6 Å². The number of hydrogen-bond acceptors (Lipinski definition) is 4. The Morgan fingerprint density at radius 3 is 2.57 bits per heavy atom. The van der Waals surface area contributed by atoms with Crippen LogP contribution < -0.4 is 0 Å². The van der Waals surface area contributed by atoms with E-state index in [9.17, 15) is 13.2 Å². The van der Waals surface area contributed by atoms with Crippen molar-refractivity contribution in [3.63, 3.8) is 0 Å². The maximum atomic E-state index is 12.7. The van der Waals surface area contributed by atoms with Crippen LogP contribution in [0.4, 0.5) is 0 Å². The van der Waals surface area contributed by atoms with Gasteiger partial charge in [0.2, 0.25) is 5.91 Å². The number of azide groups is 1. The molecule has 1 aromatic carbocycles. The number of sulfonamides is 1. The molecule has 2 rings (SSSR count). The number of nitrogens with zero attached hydrogens (tertiary/aromatic N) is 4. The van der Waals surface area contributed by atoms with Crippen molar-refractivity contribution in [1.82, 2.24) is 4.31 Å². The van der Waals surface area contributed by atoms with Crippen LogP contribution in [-0.2, 0) is 14.8 Å². The molecule has 1 unspecified atom stereocenters. The number of halogens is 1. The molecule has 0 spiro atoms. The summed E-state index contributed by atoms with van der Waals surface area (Å²) in [6.07, 6.45) is 0. The Hall–Kier alpha value is -2.02. The lowest BCUT2D eigenvalue weighted by molar-refractivity contribution is -0.130. The van der Waals surface area contributed by atoms with Gasteiger partial charge in [-0.15, -0.1) is 0 Å². The highest BCUT2D eigenvalue weighted by Crippen LogP contribution is 2.40. The van der Waals surface area contributed by atoms with E-state index < -0.39 is 21.3 Å². The van der Waals surface area contributed by atoms with Gasteiger partial charge in [0.1, 0.15) is 0 Å². The maximum absolute atomic E-state index is 12.7. The second-order valence-corrected chi connectivity index (χ2v) is 7.57. The van der Waals surface area contributed by atoms with Crippen LogP contribution in [0.2, 0.25) is 0 Å². The minimum absolute atomic E-state index is 0.0263. The fourth-order valence-electron chi connectivity index (χ4n) is 2.34. The normalized spacial score (nSPS) is 23.2. The van der Waals surface area contributed by atoms with Crippen molar-refractivity contribution < 1.29 is 13.2 Å². The number of rotatable bonds is 4. The molecule has 122 valence electrons. The van der Waals surface area contributed by atoms with Gasteiger partial charge in [0, 0.05) is 17.0 Å². The molecule has 1 aromatic rings. The molecule has 1 saturated heterocycles. The lowest BCUT2D eigenvalue weighted by Crippen LogP contribution is -2.38. The molecule has 1 heterocycles. The van der Waals surface area contributed by atoms with E-state index in [-0.39, 0.29) is 18.0 Å². The number of carbonyl (C=O) groups excluding carboxylic acids is 1. The highest BCUT2D eigenvalue weighted by molar-refractivity contribution is 7.89. The first-order chi connectivity index (χ1) is 10.8. The maximum Gasteiger partial charge on any atom is 0.266 e. The molecule has 0 aromatic heterocycles. The molecule has 0 N–H and O–H groups in total. The first-order valence-electron chi connectivity index (χ1n) is 6.72. The molecular formula is C14H15ClN4O3S. The topological polar surface area (TPSA) is 103 Å². The zero-order chi connectivity index (χ0) is 17.3. The van der Waals surface area contributed by atoms with Gasteiger partial charge in [-0.2, -0.15) is 0 Å². The Morgan fingerprint density at radius 1 is 1.43 bits per heavy atom. The number of amides is 1. The molecule has 23 heavy (non-hydrogen) atoms. The standard InChI is InChI=1S/C14H15ClN4O3S/c1-10-3-5-12(6-4-10)23(21,22)19-8-11(7-15)14(2,13(19)20)9-17-18-16/h3-7H,8-9H2,1-2H3. The van der Waals surface area contributed by atoms with E-state index in [1.54, 1.807) is 12.1 Å². The molecule has 0 saturated carbocycles. The van der Waals surface area contributed by atoms with E-state index in [0.717, 1.165) is 9.87 Å². The Kier molecular flexibility index (Phi) is 4.70. The average molecular weight is 355 g/mol. The fourth-order valence-corrected chi connectivity index (χ4v) is 4.12. The van der Waals surface area contributed by atoms with Gasteiger partial charge in [-0.1, -0.05) is 34.4 Å². The fraction of sp³-hybridized carbons (Fsp3) is 0.357. The zero-order valence-electron chi connectivity index (χ0n) is 12.6. The second-order valence-electron chi connectivity index (χ2n) is 5.49. The Morgan fingerprint density at radius 2 is 2.04 bits per heavy atom. The summed E-state index contributed by atoms with van der Waals surface area (Å²) >= 11 is 5.75. The Balaban J connectivity index is 2.47. The van der Waals surface area contributed by atoms with E-state index in [4.69, 9.17) is 17.1 Å². The molecule has 1 amide bonds. The largest absolute Gasteiger partial charge is 0.273 e. The first kappa shape index (κ1) is 17.3. The smallest absolute Gasteiger partial charge is 0.266 e. The van der Waals surface area contributed by atoms with Crippen molar-refractivity contribution in [3.05, 3.63) is 51.4 Å². The predicted octanol–water partition coefficient (Wildman–Crippen LogP) is 2.97. The summed E-state index contributed by atoms with van der Waals surface area (Å²) in [6, 6.07) is 6.21. The van der Waals surface area contributed by atoms with Crippen LogP contribution in [0.15, 0.2) is 45.4 Å². The summed E-state index contributed by atoms with van der Waals surface area (Å²) < 4.78 is 26.2. The third kappa shape index (κ3) is 2.93. The molecule has 0 bridgehead atoms. The second kappa shape index (κ2) is 6.23. The van der Waals surface area contributed by atoms with Gasteiger partial charge in [0.25, 0.3) is 10.0 Å². The average Bonchev–Trinajstić information content (AvgIpc) is 2.78. The van der Waals surface area contributed by atoms with Crippen molar-refractivity contribution in [1.29, 1.82) is 0 Å². The van der Waals surface area contributed by atoms with Crippen molar-refractivity contribution in [3.8, 4) is 0 Å². The molecule has 7 nitrogen and oxygen atoms in total. The zero-order valence-corrected chi connectivity index (χ0v) is 14.2. The summed E-state index contributed by atoms with van der Waals surface area (Å²) in [7, 11) is -3.99. The minimum Gasteiger partial charge on any atom is -0.273 e. The van der Waals surface area contributed by atoms with E-state index in [1.165, 1.54) is 24.6 Å². The van der Waals surface area contributed by atoms with Gasteiger partial charge >= 0.3 is 0 Å². The number of carbonyl (C=O) groups is 1. The molecule has 1 fully saturated rings. The van der Waals surface area contributed by atoms with Crippen LogP contribution in [0.3, 0.4) is 0 Å². The van der Waals surface area contributed by atoms with Crippen molar-refractivity contribution in [2.45, 2.75) is 18.7 Å². The predicted molar refractivity (Wildman–Crippen MR) is 86.1 cm³/mol. The van der Waals surface area contributed by atoms with Gasteiger partial charge < -0.3 is 0 Å². The van der Waals surface area contributed by atoms with Gasteiger partial charge in [-0.05, 0) is 37.1 Å². The van der Waals surface area contributed by atoms with Crippen LogP contribution in [0.5, 0.6) is 0 Å². The Bertz CT molecular complexity index is 813. The number of aryl methyl sites for hydroxylation is 1. The van der Waals surface area contributed by atoms with E-state index in [1.807, 2.05) is 6.92 Å². The summed E-state index contributed by atoms with van der Waals surface area (Å²) in [5.74, 6) is -0.655. The lowest BCUT2D eigenvalue weighted by atomic mass is 9.85. The van der Waals surface area contributed by atoms with E-state index in [0.29, 0.717) is 5.57 Å². The molecule has 0 radical (unpaired) electrons. The van der Waals surface area contributed by atoms with Crippen LogP contribution in [0.25, 0.3) is 10.4 Å². The minimum atomic E-state index is -3.99. The van der Waals surface area contributed by atoms with Crippen LogP contribution in [0, 0.1) is 12.3 Å². The molecule has 0 aliphatic carbocycles. The highest BCUT2D eigenvalue weighted by atomic mass is 35.5. The van der Waals surface area contributed by atoms with Crippen molar-refractivity contribution in [2.24, 2.45) is 10.5 Å². The third-order valence-electron chi connectivity index (χ3n) is 3.91. The summed E-state index contributed by atoms with van der Waals surface area (Å²) in [5.41, 5.74) is 9.70. The number of hydrogen-bond donors (Lipinski definition) is 0. The summed E-state index contributed by atoms with van der Waals surface area (Å²) in [4.78, 5) is 15.3. The summed E-state index contributed by atoms with van der Waals surface area (Å²) in [6.45, 7) is 3.00. The molecular weight excluding hydrogens is 340 g/mol. The molecule has 1 aliphatic heterocycles. The molecule has 9 heteroatoms. The van der Waals surface area contributed by atoms with E-state index in [2.05, 4.69) is 10.0 Å². The lowest BCUT2D eigenvalue weighted by Gasteiger charge is -2.21. The quantitative estimate of drug-likeness (QED) is 0.471. The molecule has 1 atom stereocenters. The van der Waals surface area contributed by atoms with Crippen LogP contribution in [0.1, 0.15) is 12.5 Å². The third-order valence-corrected chi connectivity index (χ3v) is 5.92. The van der Waals surface area contributed by atoms with E-state index >= 15 is 0 Å². The highest BCUT2D eigenvalue weighted by Gasteiger charge is 2.50. The van der Waals surface area contributed by atoms with Gasteiger partial charge in [0.05, 0.1) is 16.9 Å². The Labute approximate surface area is 139 Å².